The summed E-state index contributed by atoms with van der Waals surface area (Å²) < 4.78 is 11.1. The van der Waals surface area contributed by atoms with Crippen molar-refractivity contribution < 1.29 is 24.8 Å². The molecule has 0 aromatic heterocycles. The van der Waals surface area contributed by atoms with Crippen LogP contribution in [0, 0.1) is 5.92 Å². The van der Waals surface area contributed by atoms with Gasteiger partial charge in [-0.05, 0) is 31.6 Å². The number of aliphatic hydroxyl groups is 3. The highest BCUT2D eigenvalue weighted by molar-refractivity contribution is 4.98. The van der Waals surface area contributed by atoms with Crippen LogP contribution in [0.1, 0.15) is 38.5 Å². The van der Waals surface area contributed by atoms with Crippen molar-refractivity contribution in [3.05, 3.63) is 0 Å². The minimum Gasteiger partial charge on any atom is -0.388 e. The molecule has 2 aliphatic heterocycles. The first kappa shape index (κ1) is 15.6. The lowest BCUT2D eigenvalue weighted by Gasteiger charge is -2.45. The highest BCUT2D eigenvalue weighted by Crippen LogP contribution is 2.36. The molecule has 122 valence electrons. The molecule has 1 aliphatic carbocycles. The molecule has 0 aromatic carbocycles. The highest BCUT2D eigenvalue weighted by atomic mass is 16.5. The van der Waals surface area contributed by atoms with Crippen LogP contribution in [0.2, 0.25) is 0 Å². The summed E-state index contributed by atoms with van der Waals surface area (Å²) in [5.41, 5.74) is 5.78. The molecule has 0 radical (unpaired) electrons. The molecule has 3 fully saturated rings. The standard InChI is InChI=1S/C15H27NO5/c16-15(7-20-8-15)6-5-10-11(17)12(18)13(19)14(21-10)9-3-1-2-4-9/h9-14,17-19H,1-8,16H2/t10-,11-,12+,13+,14?/m1/s1. The maximum atomic E-state index is 10.2. The Bertz CT molecular complexity index is 356. The first-order chi connectivity index (χ1) is 10.0. The monoisotopic (exact) mass is 301 g/mol. The Hall–Kier alpha value is -0.240. The van der Waals surface area contributed by atoms with E-state index in [2.05, 4.69) is 0 Å². The zero-order valence-electron chi connectivity index (χ0n) is 12.4. The molecule has 5 atom stereocenters. The summed E-state index contributed by atoms with van der Waals surface area (Å²) in [6, 6.07) is 0. The van der Waals surface area contributed by atoms with Crippen molar-refractivity contribution in [2.75, 3.05) is 13.2 Å². The van der Waals surface area contributed by atoms with Crippen molar-refractivity contribution in [3.8, 4) is 0 Å². The molecule has 1 unspecified atom stereocenters. The van der Waals surface area contributed by atoms with E-state index in [1.54, 1.807) is 0 Å². The van der Waals surface area contributed by atoms with Crippen molar-refractivity contribution in [1.29, 1.82) is 0 Å². The van der Waals surface area contributed by atoms with Crippen LogP contribution in [0.3, 0.4) is 0 Å². The second kappa shape index (κ2) is 6.10. The minimum atomic E-state index is -1.14. The molecule has 0 amide bonds. The molecule has 2 heterocycles. The Morgan fingerprint density at radius 2 is 1.67 bits per heavy atom. The van der Waals surface area contributed by atoms with Gasteiger partial charge in [-0.2, -0.15) is 0 Å². The molecule has 0 spiro atoms. The largest absolute Gasteiger partial charge is 0.388 e. The molecule has 3 rings (SSSR count). The summed E-state index contributed by atoms with van der Waals surface area (Å²) in [5.74, 6) is 0.281. The number of ether oxygens (including phenoxy) is 2. The van der Waals surface area contributed by atoms with E-state index in [0.29, 0.717) is 26.1 Å². The van der Waals surface area contributed by atoms with Gasteiger partial charge in [0.15, 0.2) is 0 Å². The lowest BCUT2D eigenvalue weighted by atomic mass is 9.84. The fourth-order valence-electron chi connectivity index (χ4n) is 3.83. The molecule has 21 heavy (non-hydrogen) atoms. The van der Waals surface area contributed by atoms with Gasteiger partial charge in [-0.15, -0.1) is 0 Å². The number of nitrogens with two attached hydrogens (primary N) is 1. The third-order valence-electron chi connectivity index (χ3n) is 5.32. The van der Waals surface area contributed by atoms with Crippen LogP contribution in [-0.4, -0.2) is 64.6 Å². The minimum absolute atomic E-state index is 0.281. The van der Waals surface area contributed by atoms with E-state index in [1.165, 1.54) is 0 Å². The number of hydrogen-bond acceptors (Lipinski definition) is 6. The van der Waals surface area contributed by atoms with E-state index >= 15 is 0 Å². The third-order valence-corrected chi connectivity index (χ3v) is 5.32. The van der Waals surface area contributed by atoms with Crippen molar-refractivity contribution >= 4 is 0 Å². The quantitative estimate of drug-likeness (QED) is 0.560. The van der Waals surface area contributed by atoms with Crippen LogP contribution >= 0.6 is 0 Å². The molecule has 1 saturated carbocycles. The smallest absolute Gasteiger partial charge is 0.111 e. The highest BCUT2D eigenvalue weighted by Gasteiger charge is 2.47. The summed E-state index contributed by atoms with van der Waals surface area (Å²) >= 11 is 0. The second-order valence-corrected chi connectivity index (χ2v) is 7.05. The van der Waals surface area contributed by atoms with Gasteiger partial charge >= 0.3 is 0 Å². The number of hydrogen-bond donors (Lipinski definition) is 4. The Morgan fingerprint density at radius 1 is 1.00 bits per heavy atom. The zero-order chi connectivity index (χ0) is 15.0. The summed E-state index contributed by atoms with van der Waals surface area (Å²) in [5, 5.41) is 30.5. The van der Waals surface area contributed by atoms with Crippen molar-refractivity contribution in [1.82, 2.24) is 0 Å². The Kier molecular flexibility index (Phi) is 4.55. The van der Waals surface area contributed by atoms with E-state index in [4.69, 9.17) is 15.2 Å². The molecule has 5 N–H and O–H groups in total. The van der Waals surface area contributed by atoms with Crippen LogP contribution in [-0.2, 0) is 9.47 Å². The normalized spacial score (nSPS) is 43.7. The van der Waals surface area contributed by atoms with E-state index in [0.717, 1.165) is 25.7 Å². The Labute approximate surface area is 125 Å². The van der Waals surface area contributed by atoms with Gasteiger partial charge in [0.1, 0.15) is 18.3 Å². The fraction of sp³-hybridized carbons (Fsp3) is 1.00. The maximum Gasteiger partial charge on any atom is 0.111 e. The first-order valence-corrected chi connectivity index (χ1v) is 8.06. The van der Waals surface area contributed by atoms with Gasteiger partial charge in [-0.25, -0.2) is 0 Å². The lowest BCUT2D eigenvalue weighted by molar-refractivity contribution is -0.237. The SMILES string of the molecule is NC1(CC[C@H]2OC(C3CCCC3)[C@@H](O)[C@@H](O)[C@@H]2O)COC1. The lowest BCUT2D eigenvalue weighted by Crippen LogP contribution is -2.61. The average Bonchev–Trinajstić information content (AvgIpc) is 2.96. The van der Waals surface area contributed by atoms with E-state index in [9.17, 15) is 15.3 Å². The van der Waals surface area contributed by atoms with E-state index < -0.39 is 24.4 Å². The van der Waals surface area contributed by atoms with Crippen molar-refractivity contribution in [2.45, 2.75) is 74.6 Å². The maximum absolute atomic E-state index is 10.2. The first-order valence-electron chi connectivity index (χ1n) is 8.06. The molecule has 6 nitrogen and oxygen atoms in total. The number of rotatable bonds is 4. The Balaban J connectivity index is 1.61. The zero-order valence-corrected chi connectivity index (χ0v) is 12.4. The molecule has 6 heteroatoms. The molecule has 3 aliphatic rings. The van der Waals surface area contributed by atoms with Crippen molar-refractivity contribution in [2.24, 2.45) is 11.7 Å². The van der Waals surface area contributed by atoms with Crippen LogP contribution in [0.25, 0.3) is 0 Å². The van der Waals surface area contributed by atoms with Gasteiger partial charge in [0.05, 0.1) is 31.0 Å². The fourth-order valence-corrected chi connectivity index (χ4v) is 3.83. The van der Waals surface area contributed by atoms with Gasteiger partial charge in [-0.3, -0.25) is 0 Å². The van der Waals surface area contributed by atoms with E-state index in [1.807, 2.05) is 0 Å². The summed E-state index contributed by atoms with van der Waals surface area (Å²) in [4.78, 5) is 0. The molecule has 0 aromatic rings. The third kappa shape index (κ3) is 3.11. The summed E-state index contributed by atoms with van der Waals surface area (Å²) in [7, 11) is 0. The second-order valence-electron chi connectivity index (χ2n) is 7.05. The predicted octanol–water partition coefficient (Wildman–Crippen LogP) is -0.465. The van der Waals surface area contributed by atoms with Crippen LogP contribution < -0.4 is 5.73 Å². The molecule has 0 bridgehead atoms. The topological polar surface area (TPSA) is 105 Å². The van der Waals surface area contributed by atoms with Gasteiger partial charge in [0, 0.05) is 0 Å². The van der Waals surface area contributed by atoms with Crippen LogP contribution in [0.15, 0.2) is 0 Å². The summed E-state index contributed by atoms with van der Waals surface area (Å²) in [6.07, 6.45) is 1.56. The molecular formula is C15H27NO5. The van der Waals surface area contributed by atoms with Gasteiger partial charge in [0.25, 0.3) is 0 Å². The summed E-state index contributed by atoms with van der Waals surface area (Å²) in [6.45, 7) is 1.07. The van der Waals surface area contributed by atoms with E-state index in [-0.39, 0.29) is 17.6 Å². The Morgan fingerprint density at radius 3 is 2.24 bits per heavy atom. The van der Waals surface area contributed by atoms with Crippen molar-refractivity contribution in [3.63, 3.8) is 0 Å². The van der Waals surface area contributed by atoms with Crippen LogP contribution in [0.4, 0.5) is 0 Å². The molecular weight excluding hydrogens is 274 g/mol. The van der Waals surface area contributed by atoms with Crippen LogP contribution in [0.5, 0.6) is 0 Å². The van der Waals surface area contributed by atoms with Gasteiger partial charge in [-0.1, -0.05) is 12.8 Å². The van der Waals surface area contributed by atoms with Gasteiger partial charge < -0.3 is 30.5 Å². The predicted molar refractivity (Wildman–Crippen MR) is 75.6 cm³/mol. The molecule has 2 saturated heterocycles. The number of aliphatic hydroxyl groups excluding tert-OH is 3. The average molecular weight is 301 g/mol. The van der Waals surface area contributed by atoms with Gasteiger partial charge in [0.2, 0.25) is 0 Å².